The number of pyridine rings is 2. The monoisotopic (exact) mass is 340 g/mol. The van der Waals surface area contributed by atoms with Crippen LogP contribution in [-0.4, -0.2) is 33.1 Å². The molecule has 0 amide bonds. The summed E-state index contributed by atoms with van der Waals surface area (Å²) in [5, 5.41) is 2.42. The molecule has 0 unspecified atom stereocenters. The third-order valence-electron chi connectivity index (χ3n) is 3.78. The van der Waals surface area contributed by atoms with E-state index in [2.05, 4.69) is 49.4 Å². The minimum Gasteiger partial charge on any atom is -0.292 e. The van der Waals surface area contributed by atoms with Gasteiger partial charge in [0.2, 0.25) is 0 Å². The van der Waals surface area contributed by atoms with Gasteiger partial charge in [0.25, 0.3) is 0 Å². The van der Waals surface area contributed by atoms with Gasteiger partial charge >= 0.3 is 0 Å². The maximum absolute atomic E-state index is 4.58. The number of aliphatic imine (C=N–C) groups is 1. The summed E-state index contributed by atoms with van der Waals surface area (Å²) < 4.78 is 0. The number of isothiocyanates is 1. The number of thiocarbonyl (C=S) groups is 1. The van der Waals surface area contributed by atoms with Gasteiger partial charge in [0.15, 0.2) is 0 Å². The van der Waals surface area contributed by atoms with Crippen LogP contribution in [0.25, 0.3) is 0 Å². The summed E-state index contributed by atoms with van der Waals surface area (Å²) >= 11 is 4.58. The summed E-state index contributed by atoms with van der Waals surface area (Å²) in [5.41, 5.74) is 2.20. The molecule has 0 radical (unpaired) electrons. The van der Waals surface area contributed by atoms with Crippen LogP contribution in [0, 0.1) is 0 Å². The zero-order valence-electron chi connectivity index (χ0n) is 14.0. The van der Waals surface area contributed by atoms with Crippen LogP contribution in [0.15, 0.2) is 53.8 Å². The molecule has 126 valence electrons. The topological polar surface area (TPSA) is 41.4 Å². The van der Waals surface area contributed by atoms with Gasteiger partial charge in [0.05, 0.1) is 16.5 Å². The van der Waals surface area contributed by atoms with E-state index in [0.29, 0.717) is 0 Å². The second-order valence-electron chi connectivity index (χ2n) is 5.74. The second-order valence-corrected chi connectivity index (χ2v) is 5.92. The van der Waals surface area contributed by atoms with E-state index in [-0.39, 0.29) is 0 Å². The Hall–Kier alpha value is -1.94. The fourth-order valence-corrected chi connectivity index (χ4v) is 2.67. The van der Waals surface area contributed by atoms with Crippen LogP contribution in [0.2, 0.25) is 0 Å². The maximum Gasteiger partial charge on any atom is 0.0584 e. The van der Waals surface area contributed by atoms with Crippen molar-refractivity contribution in [3.05, 3.63) is 60.2 Å². The minimum absolute atomic E-state index is 0.801. The van der Waals surface area contributed by atoms with E-state index in [1.54, 1.807) is 0 Å². The lowest BCUT2D eigenvalue weighted by atomic mass is 10.2. The van der Waals surface area contributed by atoms with Gasteiger partial charge in [-0.25, -0.2) is 4.99 Å². The summed E-state index contributed by atoms with van der Waals surface area (Å²) in [4.78, 5) is 15.3. The van der Waals surface area contributed by atoms with Crippen LogP contribution in [-0.2, 0) is 13.1 Å². The van der Waals surface area contributed by atoms with Crippen molar-refractivity contribution in [1.29, 1.82) is 0 Å². The SMILES string of the molecule is S=C=NCCCCCCN(Cc1ccccn1)Cc1ccccn1. The third-order valence-corrected chi connectivity index (χ3v) is 3.91. The Morgan fingerprint density at radius 1 is 0.875 bits per heavy atom. The molecule has 2 aromatic heterocycles. The summed E-state index contributed by atoms with van der Waals surface area (Å²) in [6.45, 7) is 3.55. The molecule has 24 heavy (non-hydrogen) atoms. The number of hydrogen-bond acceptors (Lipinski definition) is 5. The van der Waals surface area contributed by atoms with E-state index >= 15 is 0 Å². The molecular weight excluding hydrogens is 316 g/mol. The molecule has 2 heterocycles. The lowest BCUT2D eigenvalue weighted by Crippen LogP contribution is -2.25. The lowest BCUT2D eigenvalue weighted by molar-refractivity contribution is 0.244. The molecule has 0 aliphatic rings. The Bertz CT molecular complexity index is 570. The largest absolute Gasteiger partial charge is 0.292 e. The van der Waals surface area contributed by atoms with Crippen molar-refractivity contribution >= 4 is 17.4 Å². The van der Waals surface area contributed by atoms with Gasteiger partial charge in [-0.05, 0) is 55.9 Å². The summed E-state index contributed by atoms with van der Waals surface area (Å²) in [7, 11) is 0. The molecule has 2 rings (SSSR count). The zero-order chi connectivity index (χ0) is 16.9. The van der Waals surface area contributed by atoms with Crippen LogP contribution in [0.5, 0.6) is 0 Å². The highest BCUT2D eigenvalue weighted by molar-refractivity contribution is 7.78. The molecule has 0 atom stereocenters. The fourth-order valence-electron chi connectivity index (χ4n) is 2.58. The molecule has 0 aromatic carbocycles. The van der Waals surface area contributed by atoms with Gasteiger partial charge in [-0.2, -0.15) is 0 Å². The van der Waals surface area contributed by atoms with Crippen molar-refractivity contribution in [1.82, 2.24) is 14.9 Å². The van der Waals surface area contributed by atoms with E-state index in [9.17, 15) is 0 Å². The third kappa shape index (κ3) is 7.55. The Balaban J connectivity index is 1.82. The van der Waals surface area contributed by atoms with Gasteiger partial charge in [0, 0.05) is 32.0 Å². The first-order valence-corrected chi connectivity index (χ1v) is 8.85. The van der Waals surface area contributed by atoms with E-state index in [1.165, 1.54) is 19.3 Å². The van der Waals surface area contributed by atoms with Crippen molar-refractivity contribution in [2.24, 2.45) is 4.99 Å². The molecular formula is C19H24N4S. The molecule has 2 aromatic rings. The van der Waals surface area contributed by atoms with Crippen molar-refractivity contribution in [2.45, 2.75) is 38.8 Å². The Kier molecular flexibility index (Phi) is 8.87. The van der Waals surface area contributed by atoms with E-state index in [1.807, 2.05) is 36.7 Å². The maximum atomic E-state index is 4.58. The lowest BCUT2D eigenvalue weighted by Gasteiger charge is -2.21. The highest BCUT2D eigenvalue weighted by Gasteiger charge is 2.08. The molecule has 0 aliphatic carbocycles. The molecule has 0 aliphatic heterocycles. The predicted molar refractivity (Wildman–Crippen MR) is 101 cm³/mol. The molecule has 0 bridgehead atoms. The number of hydrogen-bond donors (Lipinski definition) is 0. The van der Waals surface area contributed by atoms with Gasteiger partial charge in [-0.1, -0.05) is 25.0 Å². The van der Waals surface area contributed by atoms with Gasteiger partial charge in [-0.3, -0.25) is 14.9 Å². The van der Waals surface area contributed by atoms with Crippen LogP contribution in [0.4, 0.5) is 0 Å². The summed E-state index contributed by atoms with van der Waals surface area (Å²) in [6, 6.07) is 12.1. The van der Waals surface area contributed by atoms with Crippen molar-refractivity contribution in [3.8, 4) is 0 Å². The van der Waals surface area contributed by atoms with Gasteiger partial charge < -0.3 is 0 Å². The van der Waals surface area contributed by atoms with Gasteiger partial charge in [-0.15, -0.1) is 0 Å². The fraction of sp³-hybridized carbons (Fsp3) is 0.421. The zero-order valence-corrected chi connectivity index (χ0v) is 14.8. The minimum atomic E-state index is 0.801. The normalized spacial score (nSPS) is 10.5. The average molecular weight is 340 g/mol. The first-order valence-electron chi connectivity index (χ1n) is 8.44. The van der Waals surface area contributed by atoms with E-state index in [0.717, 1.165) is 44.0 Å². The Labute approximate surface area is 149 Å². The Morgan fingerprint density at radius 2 is 1.50 bits per heavy atom. The second kappa shape index (κ2) is 11.6. The summed E-state index contributed by atoms with van der Waals surface area (Å²) in [5.74, 6) is 0. The van der Waals surface area contributed by atoms with Crippen LogP contribution in [0.1, 0.15) is 37.1 Å². The van der Waals surface area contributed by atoms with Crippen LogP contribution >= 0.6 is 12.2 Å². The van der Waals surface area contributed by atoms with Crippen molar-refractivity contribution in [2.75, 3.05) is 13.1 Å². The molecule has 0 N–H and O–H groups in total. The quantitative estimate of drug-likeness (QED) is 0.350. The first kappa shape index (κ1) is 18.4. The highest BCUT2D eigenvalue weighted by atomic mass is 32.1. The average Bonchev–Trinajstić information content (AvgIpc) is 2.62. The Morgan fingerprint density at radius 3 is 2.04 bits per heavy atom. The van der Waals surface area contributed by atoms with Crippen molar-refractivity contribution in [3.63, 3.8) is 0 Å². The van der Waals surface area contributed by atoms with E-state index in [4.69, 9.17) is 0 Å². The first-order chi connectivity index (χ1) is 11.9. The number of nitrogens with zero attached hydrogens (tertiary/aromatic N) is 4. The standard InChI is InChI=1S/C19H24N4S/c24-17-20-11-5-1-2-8-14-23(15-18-9-3-6-12-21-18)16-19-10-4-7-13-22-19/h3-4,6-7,9-10,12-13H,1-2,5,8,11,14-16H2. The molecule has 0 fully saturated rings. The van der Waals surface area contributed by atoms with Crippen LogP contribution < -0.4 is 0 Å². The smallest absolute Gasteiger partial charge is 0.0584 e. The predicted octanol–water partition coefficient (Wildman–Crippen LogP) is 4.14. The van der Waals surface area contributed by atoms with E-state index < -0.39 is 0 Å². The number of aromatic nitrogens is 2. The molecule has 0 saturated heterocycles. The van der Waals surface area contributed by atoms with Crippen molar-refractivity contribution < 1.29 is 0 Å². The number of unbranched alkanes of at least 4 members (excludes halogenated alkanes) is 3. The molecule has 4 nitrogen and oxygen atoms in total. The molecule has 0 spiro atoms. The van der Waals surface area contributed by atoms with Crippen LogP contribution in [0.3, 0.4) is 0 Å². The number of rotatable bonds is 11. The summed E-state index contributed by atoms with van der Waals surface area (Å²) in [6.07, 6.45) is 8.34. The molecule has 0 saturated carbocycles. The highest BCUT2D eigenvalue weighted by Crippen LogP contribution is 2.09. The molecule has 5 heteroatoms. The van der Waals surface area contributed by atoms with Gasteiger partial charge in [0.1, 0.15) is 0 Å².